The van der Waals surface area contributed by atoms with E-state index in [2.05, 4.69) is 22.0 Å². The summed E-state index contributed by atoms with van der Waals surface area (Å²) in [5, 5.41) is 7.47. The summed E-state index contributed by atoms with van der Waals surface area (Å²) in [6.45, 7) is 5.86. The molecule has 0 unspecified atom stereocenters. The lowest BCUT2D eigenvalue weighted by atomic mass is 10.1. The number of para-hydroxylation sites is 1. The number of aromatic amines is 1. The Hall–Kier alpha value is -3.47. The van der Waals surface area contributed by atoms with Gasteiger partial charge in [0, 0.05) is 17.4 Å². The number of aromatic nitrogens is 1. The molecule has 0 amide bonds. The van der Waals surface area contributed by atoms with E-state index < -0.39 is 0 Å². The number of benzene rings is 2. The SMILES string of the molecule is C=C(C)c1ccc(N/C=C(\N=N)c2cc3ccccc3[nH]c2=O)cc1. The maximum Gasteiger partial charge on any atom is 0.258 e. The second kappa shape index (κ2) is 6.97. The molecule has 5 nitrogen and oxygen atoms in total. The minimum absolute atomic E-state index is 0.260. The van der Waals surface area contributed by atoms with Crippen molar-refractivity contribution in [3.63, 3.8) is 0 Å². The Bertz CT molecular complexity index is 1030. The van der Waals surface area contributed by atoms with Gasteiger partial charge in [0.1, 0.15) is 5.70 Å². The summed E-state index contributed by atoms with van der Waals surface area (Å²) in [5.74, 6) is 0. The van der Waals surface area contributed by atoms with Gasteiger partial charge in [0.05, 0.1) is 5.56 Å². The number of hydrogen-bond donors (Lipinski definition) is 3. The third kappa shape index (κ3) is 3.55. The average Bonchev–Trinajstić information content (AvgIpc) is 2.62. The monoisotopic (exact) mass is 330 g/mol. The zero-order valence-electron chi connectivity index (χ0n) is 13.8. The van der Waals surface area contributed by atoms with Crippen molar-refractivity contribution in [2.75, 3.05) is 5.32 Å². The molecule has 3 aromatic rings. The molecular weight excluding hydrogens is 312 g/mol. The van der Waals surface area contributed by atoms with Gasteiger partial charge in [-0.15, -0.1) is 0 Å². The van der Waals surface area contributed by atoms with Crippen molar-refractivity contribution in [2.24, 2.45) is 5.11 Å². The molecule has 0 saturated carbocycles. The van der Waals surface area contributed by atoms with Crippen molar-refractivity contribution >= 4 is 27.9 Å². The van der Waals surface area contributed by atoms with Crippen LogP contribution in [0.5, 0.6) is 0 Å². The van der Waals surface area contributed by atoms with Crippen molar-refractivity contribution in [1.29, 1.82) is 5.53 Å². The molecule has 0 aliphatic rings. The van der Waals surface area contributed by atoms with Crippen LogP contribution < -0.4 is 10.9 Å². The molecule has 0 radical (unpaired) electrons. The summed E-state index contributed by atoms with van der Waals surface area (Å²) >= 11 is 0. The van der Waals surface area contributed by atoms with Crippen molar-refractivity contribution in [3.05, 3.63) is 88.9 Å². The van der Waals surface area contributed by atoms with Crippen molar-refractivity contribution in [1.82, 2.24) is 4.98 Å². The smallest absolute Gasteiger partial charge is 0.258 e. The van der Waals surface area contributed by atoms with Crippen molar-refractivity contribution in [2.45, 2.75) is 6.92 Å². The van der Waals surface area contributed by atoms with E-state index in [1.807, 2.05) is 55.5 Å². The maximum atomic E-state index is 12.3. The summed E-state index contributed by atoms with van der Waals surface area (Å²) in [5.41, 5.74) is 11.4. The number of fused-ring (bicyclic) bond motifs is 1. The van der Waals surface area contributed by atoms with Gasteiger partial charge in [0.25, 0.3) is 5.56 Å². The topological polar surface area (TPSA) is 81.1 Å². The van der Waals surface area contributed by atoms with E-state index in [4.69, 9.17) is 5.53 Å². The summed E-state index contributed by atoms with van der Waals surface area (Å²) < 4.78 is 0. The fourth-order valence-corrected chi connectivity index (χ4v) is 2.51. The lowest BCUT2D eigenvalue weighted by Crippen LogP contribution is -2.11. The molecule has 0 saturated heterocycles. The van der Waals surface area contributed by atoms with Crippen LogP contribution in [0.4, 0.5) is 5.69 Å². The number of H-pyrrole nitrogens is 1. The molecule has 0 bridgehead atoms. The Balaban J connectivity index is 1.92. The maximum absolute atomic E-state index is 12.3. The molecule has 1 aromatic heterocycles. The Labute approximate surface area is 145 Å². The highest BCUT2D eigenvalue weighted by Gasteiger charge is 2.08. The standard InChI is InChI=1S/C20H18N4O/c1-13(2)14-7-9-16(10-8-14)22-12-19(24-21)17-11-15-5-3-4-6-18(15)23-20(17)25/h3-12,21-22H,1H2,2H3,(H,23,25)/b19-12-,24-21?. The van der Waals surface area contributed by atoms with Gasteiger partial charge in [-0.1, -0.05) is 42.5 Å². The van der Waals surface area contributed by atoms with Gasteiger partial charge in [-0.2, -0.15) is 5.11 Å². The summed E-state index contributed by atoms with van der Waals surface area (Å²) in [7, 11) is 0. The number of pyridine rings is 1. The van der Waals surface area contributed by atoms with Crippen LogP contribution in [0, 0.1) is 5.53 Å². The Morgan fingerprint density at radius 1 is 1.20 bits per heavy atom. The molecule has 0 atom stereocenters. The molecule has 2 aromatic carbocycles. The number of anilines is 1. The van der Waals surface area contributed by atoms with Gasteiger partial charge in [-0.25, -0.2) is 5.53 Å². The first kappa shape index (κ1) is 16.4. The first-order valence-electron chi connectivity index (χ1n) is 7.81. The van der Waals surface area contributed by atoms with E-state index in [1.165, 1.54) is 0 Å². The number of nitrogens with one attached hydrogen (secondary N) is 3. The molecule has 5 heteroatoms. The predicted molar refractivity (Wildman–Crippen MR) is 102 cm³/mol. The van der Waals surface area contributed by atoms with Crippen LogP contribution in [-0.4, -0.2) is 4.98 Å². The third-order valence-electron chi connectivity index (χ3n) is 3.90. The molecule has 25 heavy (non-hydrogen) atoms. The number of rotatable bonds is 5. The normalized spacial score (nSPS) is 11.3. The van der Waals surface area contributed by atoms with Crippen LogP contribution in [0.25, 0.3) is 22.2 Å². The lowest BCUT2D eigenvalue weighted by molar-refractivity contribution is 1.14. The number of hydrogen-bond acceptors (Lipinski definition) is 4. The molecular formula is C20H18N4O. The lowest BCUT2D eigenvalue weighted by Gasteiger charge is -2.06. The molecule has 0 fully saturated rings. The van der Waals surface area contributed by atoms with Crippen LogP contribution in [0.3, 0.4) is 0 Å². The van der Waals surface area contributed by atoms with E-state index >= 15 is 0 Å². The van der Waals surface area contributed by atoms with Gasteiger partial charge in [0.2, 0.25) is 0 Å². The molecule has 0 spiro atoms. The highest BCUT2D eigenvalue weighted by molar-refractivity contribution is 5.82. The van der Waals surface area contributed by atoms with Gasteiger partial charge in [-0.05, 0) is 42.1 Å². The molecule has 3 N–H and O–H groups in total. The molecule has 1 heterocycles. The van der Waals surface area contributed by atoms with Crippen molar-refractivity contribution in [3.8, 4) is 0 Å². The summed E-state index contributed by atoms with van der Waals surface area (Å²) in [6.07, 6.45) is 1.56. The van der Waals surface area contributed by atoms with E-state index in [0.717, 1.165) is 27.7 Å². The highest BCUT2D eigenvalue weighted by Crippen LogP contribution is 2.19. The second-order valence-corrected chi connectivity index (χ2v) is 5.74. The highest BCUT2D eigenvalue weighted by atomic mass is 16.1. The fourth-order valence-electron chi connectivity index (χ4n) is 2.51. The Kier molecular flexibility index (Phi) is 4.57. The van der Waals surface area contributed by atoms with Crippen LogP contribution in [0.1, 0.15) is 18.1 Å². The largest absolute Gasteiger partial charge is 0.360 e. The van der Waals surface area contributed by atoms with Crippen LogP contribution in [0.2, 0.25) is 0 Å². The van der Waals surface area contributed by atoms with Crippen LogP contribution in [0.15, 0.2) is 77.3 Å². The molecule has 124 valence electrons. The number of allylic oxidation sites excluding steroid dienone is 1. The van der Waals surface area contributed by atoms with Crippen LogP contribution >= 0.6 is 0 Å². The zero-order valence-corrected chi connectivity index (χ0v) is 13.8. The van der Waals surface area contributed by atoms with Gasteiger partial charge in [0.15, 0.2) is 0 Å². The molecule has 3 rings (SSSR count). The zero-order chi connectivity index (χ0) is 17.8. The molecule has 0 aliphatic heterocycles. The summed E-state index contributed by atoms with van der Waals surface area (Å²) in [6, 6.07) is 17.0. The predicted octanol–water partition coefficient (Wildman–Crippen LogP) is 5.00. The van der Waals surface area contributed by atoms with Crippen molar-refractivity contribution < 1.29 is 0 Å². The van der Waals surface area contributed by atoms with Gasteiger partial charge < -0.3 is 10.3 Å². The van der Waals surface area contributed by atoms with Gasteiger partial charge >= 0.3 is 0 Å². The quantitative estimate of drug-likeness (QED) is 0.575. The van der Waals surface area contributed by atoms with E-state index in [9.17, 15) is 4.79 Å². The van der Waals surface area contributed by atoms with Crippen LogP contribution in [-0.2, 0) is 0 Å². The molecule has 0 aliphatic carbocycles. The average molecular weight is 330 g/mol. The van der Waals surface area contributed by atoms with E-state index in [-0.39, 0.29) is 11.3 Å². The van der Waals surface area contributed by atoms with E-state index in [0.29, 0.717) is 5.56 Å². The minimum Gasteiger partial charge on any atom is -0.360 e. The Morgan fingerprint density at radius 2 is 1.92 bits per heavy atom. The minimum atomic E-state index is -0.277. The second-order valence-electron chi connectivity index (χ2n) is 5.74. The first-order valence-corrected chi connectivity index (χ1v) is 7.81. The Morgan fingerprint density at radius 3 is 2.60 bits per heavy atom. The third-order valence-corrected chi connectivity index (χ3v) is 3.90. The number of nitrogens with zero attached hydrogens (tertiary/aromatic N) is 1. The summed E-state index contributed by atoms with van der Waals surface area (Å²) in [4.78, 5) is 15.1. The fraction of sp³-hybridized carbons (Fsp3) is 0.0500. The first-order chi connectivity index (χ1) is 12.1. The van der Waals surface area contributed by atoms with E-state index in [1.54, 1.807) is 12.3 Å². The van der Waals surface area contributed by atoms with Gasteiger partial charge in [-0.3, -0.25) is 4.79 Å².